The van der Waals surface area contributed by atoms with E-state index in [-0.39, 0.29) is 17.1 Å². The Kier molecular flexibility index (Phi) is 2.95. The van der Waals surface area contributed by atoms with Crippen LogP contribution in [0.1, 0.15) is 21.7 Å². The van der Waals surface area contributed by atoms with Crippen LogP contribution in [0, 0.1) is 6.92 Å². The number of allylic oxidation sites excluding steroid dienone is 1. The number of halogens is 1. The van der Waals surface area contributed by atoms with E-state index in [1.165, 1.54) is 6.07 Å². The van der Waals surface area contributed by atoms with Gasteiger partial charge >= 0.3 is 5.63 Å². The zero-order chi connectivity index (χ0) is 14.3. The smallest absolute Gasteiger partial charge is 0.351 e. The van der Waals surface area contributed by atoms with Gasteiger partial charge in [0, 0.05) is 11.1 Å². The van der Waals surface area contributed by atoms with Gasteiger partial charge in [-0.3, -0.25) is 4.79 Å². The number of ketones is 1. The minimum Gasteiger partial charge on any atom is -0.452 e. The van der Waals surface area contributed by atoms with Crippen LogP contribution in [0.4, 0.5) is 0 Å². The number of Topliss-reactive ketones (excluding diaryl/α,β-unsaturated/α-hetero) is 1. The molecule has 0 spiro atoms. The number of hydrogen-bond donors (Lipinski definition) is 0. The number of carbonyl (C=O) groups is 1. The lowest BCUT2D eigenvalue weighted by atomic mass is 10.1. The van der Waals surface area contributed by atoms with Crippen molar-refractivity contribution < 1.29 is 13.9 Å². The first-order chi connectivity index (χ1) is 9.54. The van der Waals surface area contributed by atoms with E-state index in [2.05, 4.69) is 0 Å². The molecule has 0 N–H and O–H groups in total. The van der Waals surface area contributed by atoms with Crippen LogP contribution in [0.3, 0.4) is 0 Å². The standard InChI is InChI=1S/C15H9ClO4/c1-8-6-11-13(15(18)19-8)14(17)12(20-11)7-9-2-4-10(16)5-3-9/h2-7H,1H3/b12-7+. The Bertz CT molecular complexity index is 785. The van der Waals surface area contributed by atoms with E-state index in [0.717, 1.165) is 5.56 Å². The third-order valence-electron chi connectivity index (χ3n) is 2.88. The molecule has 0 atom stereocenters. The van der Waals surface area contributed by atoms with Crippen molar-refractivity contribution >= 4 is 23.5 Å². The van der Waals surface area contributed by atoms with Gasteiger partial charge in [0.25, 0.3) is 0 Å². The van der Waals surface area contributed by atoms with Crippen LogP contribution in [0.2, 0.25) is 5.02 Å². The summed E-state index contributed by atoms with van der Waals surface area (Å²) >= 11 is 5.80. The van der Waals surface area contributed by atoms with Crippen molar-refractivity contribution in [3.8, 4) is 5.75 Å². The van der Waals surface area contributed by atoms with Crippen molar-refractivity contribution in [2.24, 2.45) is 0 Å². The molecule has 1 aliphatic heterocycles. The maximum atomic E-state index is 12.1. The second-order valence-electron chi connectivity index (χ2n) is 4.38. The second-order valence-corrected chi connectivity index (χ2v) is 4.81. The summed E-state index contributed by atoms with van der Waals surface area (Å²) < 4.78 is 10.3. The highest BCUT2D eigenvalue weighted by molar-refractivity contribution is 6.30. The summed E-state index contributed by atoms with van der Waals surface area (Å²) in [7, 11) is 0. The molecule has 0 aliphatic carbocycles. The van der Waals surface area contributed by atoms with Crippen molar-refractivity contribution in [1.82, 2.24) is 0 Å². The fourth-order valence-electron chi connectivity index (χ4n) is 1.96. The number of benzene rings is 1. The van der Waals surface area contributed by atoms with Crippen molar-refractivity contribution in [3.63, 3.8) is 0 Å². The third kappa shape index (κ3) is 2.14. The van der Waals surface area contributed by atoms with Crippen LogP contribution < -0.4 is 10.4 Å². The Morgan fingerprint density at radius 2 is 1.85 bits per heavy atom. The van der Waals surface area contributed by atoms with E-state index in [1.807, 2.05) is 0 Å². The molecule has 1 aliphatic rings. The summed E-state index contributed by atoms with van der Waals surface area (Å²) in [5, 5.41) is 0.602. The predicted octanol–water partition coefficient (Wildman–Crippen LogP) is 3.22. The van der Waals surface area contributed by atoms with Gasteiger partial charge in [-0.05, 0) is 30.7 Å². The SMILES string of the molecule is Cc1cc2c(c(=O)o1)C(=O)/C(=C\c1ccc(Cl)cc1)O2. The molecule has 2 aromatic rings. The number of rotatable bonds is 1. The molecular formula is C15H9ClO4. The Morgan fingerprint density at radius 1 is 1.15 bits per heavy atom. The van der Waals surface area contributed by atoms with Crippen LogP contribution >= 0.6 is 11.6 Å². The lowest BCUT2D eigenvalue weighted by Crippen LogP contribution is -2.10. The van der Waals surface area contributed by atoms with E-state index >= 15 is 0 Å². The lowest BCUT2D eigenvalue weighted by molar-refractivity contribution is 0.101. The molecular weight excluding hydrogens is 280 g/mol. The summed E-state index contributed by atoms with van der Waals surface area (Å²) in [5.74, 6) is 0.266. The summed E-state index contributed by atoms with van der Waals surface area (Å²) in [6.07, 6.45) is 1.56. The van der Waals surface area contributed by atoms with E-state index < -0.39 is 11.4 Å². The minimum absolute atomic E-state index is 0.0594. The molecule has 5 heteroatoms. The lowest BCUT2D eigenvalue weighted by Gasteiger charge is -1.99. The maximum Gasteiger partial charge on any atom is 0.351 e. The molecule has 0 bridgehead atoms. The molecule has 20 heavy (non-hydrogen) atoms. The molecule has 4 nitrogen and oxygen atoms in total. The molecule has 0 unspecified atom stereocenters. The number of fused-ring (bicyclic) bond motifs is 1. The highest BCUT2D eigenvalue weighted by Crippen LogP contribution is 2.30. The second kappa shape index (κ2) is 4.65. The molecule has 0 radical (unpaired) electrons. The van der Waals surface area contributed by atoms with Crippen molar-refractivity contribution in [2.75, 3.05) is 0 Å². The molecule has 3 rings (SSSR count). The molecule has 100 valence electrons. The van der Waals surface area contributed by atoms with Crippen molar-refractivity contribution in [2.45, 2.75) is 6.92 Å². The molecule has 0 fully saturated rings. The van der Waals surface area contributed by atoms with Gasteiger partial charge in [-0.2, -0.15) is 0 Å². The van der Waals surface area contributed by atoms with E-state index in [0.29, 0.717) is 10.8 Å². The fraction of sp³-hybridized carbons (Fsp3) is 0.0667. The Balaban J connectivity index is 2.04. The third-order valence-corrected chi connectivity index (χ3v) is 3.13. The Hall–Kier alpha value is -2.33. The number of aryl methyl sites for hydroxylation is 1. The first-order valence-electron chi connectivity index (χ1n) is 5.89. The zero-order valence-corrected chi connectivity index (χ0v) is 11.2. The Labute approximate surface area is 119 Å². The normalized spacial score (nSPS) is 15.3. The summed E-state index contributed by atoms with van der Waals surface area (Å²) in [6, 6.07) is 8.45. The van der Waals surface area contributed by atoms with Gasteiger partial charge in [0.1, 0.15) is 11.5 Å². The first-order valence-corrected chi connectivity index (χ1v) is 6.27. The minimum atomic E-state index is -0.676. The van der Waals surface area contributed by atoms with Gasteiger partial charge in [-0.15, -0.1) is 0 Å². The monoisotopic (exact) mass is 288 g/mol. The van der Waals surface area contributed by atoms with Gasteiger partial charge in [0.2, 0.25) is 5.78 Å². The molecule has 0 amide bonds. The highest BCUT2D eigenvalue weighted by atomic mass is 35.5. The molecule has 0 saturated heterocycles. The van der Waals surface area contributed by atoms with Crippen LogP contribution in [-0.4, -0.2) is 5.78 Å². The van der Waals surface area contributed by atoms with Gasteiger partial charge in [-0.25, -0.2) is 4.79 Å². The van der Waals surface area contributed by atoms with E-state index in [9.17, 15) is 9.59 Å². The van der Waals surface area contributed by atoms with Crippen molar-refractivity contribution in [3.05, 3.63) is 68.4 Å². The predicted molar refractivity (Wildman–Crippen MR) is 74.1 cm³/mol. The zero-order valence-electron chi connectivity index (χ0n) is 10.5. The number of hydrogen-bond acceptors (Lipinski definition) is 4. The van der Waals surface area contributed by atoms with Crippen LogP contribution in [0.15, 0.2) is 45.3 Å². The quantitative estimate of drug-likeness (QED) is 0.756. The number of carbonyl (C=O) groups excluding carboxylic acids is 1. The molecule has 1 aromatic carbocycles. The van der Waals surface area contributed by atoms with Gasteiger partial charge < -0.3 is 9.15 Å². The summed E-state index contributed by atoms with van der Waals surface area (Å²) in [4.78, 5) is 23.8. The Morgan fingerprint density at radius 3 is 2.55 bits per heavy atom. The first kappa shape index (κ1) is 12.7. The molecule has 1 aromatic heterocycles. The van der Waals surface area contributed by atoms with E-state index in [4.69, 9.17) is 20.8 Å². The van der Waals surface area contributed by atoms with Gasteiger partial charge in [0.15, 0.2) is 11.3 Å². The van der Waals surface area contributed by atoms with Crippen LogP contribution in [0.5, 0.6) is 5.75 Å². The maximum absolute atomic E-state index is 12.1. The van der Waals surface area contributed by atoms with Gasteiger partial charge in [-0.1, -0.05) is 23.7 Å². The van der Waals surface area contributed by atoms with Crippen molar-refractivity contribution in [1.29, 1.82) is 0 Å². The number of ether oxygens (including phenoxy) is 1. The van der Waals surface area contributed by atoms with Crippen LogP contribution in [0.25, 0.3) is 6.08 Å². The highest BCUT2D eigenvalue weighted by Gasteiger charge is 2.31. The summed E-state index contributed by atoms with van der Waals surface area (Å²) in [5.41, 5.74) is 0.0204. The average Bonchev–Trinajstić information content (AvgIpc) is 2.69. The van der Waals surface area contributed by atoms with E-state index in [1.54, 1.807) is 37.3 Å². The molecule has 0 saturated carbocycles. The summed E-state index contributed by atoms with van der Waals surface area (Å²) in [6.45, 7) is 1.62. The largest absolute Gasteiger partial charge is 0.452 e. The molecule has 2 heterocycles. The fourth-order valence-corrected chi connectivity index (χ4v) is 2.09. The topological polar surface area (TPSA) is 56.5 Å². The average molecular weight is 289 g/mol. The van der Waals surface area contributed by atoms with Crippen LogP contribution in [-0.2, 0) is 0 Å². The van der Waals surface area contributed by atoms with Gasteiger partial charge in [0.05, 0.1) is 0 Å².